The van der Waals surface area contributed by atoms with Gasteiger partial charge in [0.2, 0.25) is 5.89 Å². The lowest BCUT2D eigenvalue weighted by atomic mass is 10.1. The van der Waals surface area contributed by atoms with Crippen molar-refractivity contribution in [3.05, 3.63) is 46.0 Å². The highest BCUT2D eigenvalue weighted by Gasteiger charge is 2.20. The number of aromatic nitrogens is 2. The molecule has 1 aromatic carbocycles. The van der Waals surface area contributed by atoms with Gasteiger partial charge in [-0.3, -0.25) is 0 Å². The third-order valence-electron chi connectivity index (χ3n) is 3.34. The van der Waals surface area contributed by atoms with E-state index in [0.29, 0.717) is 6.42 Å². The van der Waals surface area contributed by atoms with Gasteiger partial charge in [-0.15, -0.1) is 0 Å². The molecule has 0 spiro atoms. The Labute approximate surface area is 120 Å². The minimum absolute atomic E-state index is 0.234. The lowest BCUT2D eigenvalue weighted by Gasteiger charge is -2.19. The van der Waals surface area contributed by atoms with Gasteiger partial charge in [-0.05, 0) is 37.1 Å². The fourth-order valence-electron chi connectivity index (χ4n) is 2.37. The van der Waals surface area contributed by atoms with E-state index in [4.69, 9.17) is 4.52 Å². The number of rotatable bonds is 3. The molecule has 1 aromatic heterocycles. The second-order valence-electron chi connectivity index (χ2n) is 4.86. The molecule has 19 heavy (non-hydrogen) atoms. The van der Waals surface area contributed by atoms with Crippen LogP contribution >= 0.6 is 15.9 Å². The van der Waals surface area contributed by atoms with Crippen molar-refractivity contribution in [1.29, 1.82) is 0 Å². The van der Waals surface area contributed by atoms with Crippen LogP contribution in [0.4, 0.5) is 0 Å². The van der Waals surface area contributed by atoms with Crippen LogP contribution in [0.5, 0.6) is 0 Å². The number of benzene rings is 1. The second kappa shape index (κ2) is 5.84. The number of nitrogens with zero attached hydrogens (tertiary/aromatic N) is 2. The van der Waals surface area contributed by atoms with Crippen molar-refractivity contribution in [1.82, 2.24) is 15.5 Å². The van der Waals surface area contributed by atoms with Gasteiger partial charge in [0.15, 0.2) is 5.82 Å². The van der Waals surface area contributed by atoms with Crippen LogP contribution in [0.15, 0.2) is 33.3 Å². The van der Waals surface area contributed by atoms with Crippen molar-refractivity contribution >= 4 is 15.9 Å². The summed E-state index contributed by atoms with van der Waals surface area (Å²) in [6.07, 6.45) is 4.24. The van der Waals surface area contributed by atoms with Crippen molar-refractivity contribution in [3.63, 3.8) is 0 Å². The van der Waals surface area contributed by atoms with Gasteiger partial charge in [0.25, 0.3) is 0 Å². The van der Waals surface area contributed by atoms with E-state index in [0.717, 1.165) is 29.2 Å². The van der Waals surface area contributed by atoms with Gasteiger partial charge < -0.3 is 9.84 Å². The Morgan fingerprint density at radius 1 is 1.37 bits per heavy atom. The summed E-state index contributed by atoms with van der Waals surface area (Å²) in [4.78, 5) is 4.50. The predicted molar refractivity (Wildman–Crippen MR) is 75.8 cm³/mol. The summed E-state index contributed by atoms with van der Waals surface area (Å²) in [5.41, 5.74) is 1.18. The largest absolute Gasteiger partial charge is 0.338 e. The third kappa shape index (κ3) is 3.22. The van der Waals surface area contributed by atoms with Crippen LogP contribution in [0.25, 0.3) is 0 Å². The minimum atomic E-state index is 0.234. The molecule has 0 aliphatic carbocycles. The molecule has 0 radical (unpaired) electrons. The van der Waals surface area contributed by atoms with Gasteiger partial charge >= 0.3 is 0 Å². The van der Waals surface area contributed by atoms with Crippen LogP contribution in [0.3, 0.4) is 0 Å². The van der Waals surface area contributed by atoms with Gasteiger partial charge in [-0.2, -0.15) is 4.98 Å². The Morgan fingerprint density at radius 2 is 2.32 bits per heavy atom. The first kappa shape index (κ1) is 12.8. The first-order valence-electron chi connectivity index (χ1n) is 6.61. The predicted octanol–water partition coefficient (Wildman–Crippen LogP) is 3.24. The summed E-state index contributed by atoms with van der Waals surface area (Å²) in [5.74, 6) is 1.48. The van der Waals surface area contributed by atoms with Crippen LogP contribution in [-0.2, 0) is 6.42 Å². The Kier molecular flexibility index (Phi) is 3.94. The highest BCUT2D eigenvalue weighted by Crippen LogP contribution is 2.22. The molecule has 0 saturated carbocycles. The van der Waals surface area contributed by atoms with E-state index in [2.05, 4.69) is 43.5 Å². The number of halogens is 1. The molecule has 2 heterocycles. The Hall–Kier alpha value is -1.20. The molecule has 1 unspecified atom stereocenters. The lowest BCUT2D eigenvalue weighted by molar-refractivity contribution is 0.296. The molecule has 4 nitrogen and oxygen atoms in total. The monoisotopic (exact) mass is 321 g/mol. The number of hydrogen-bond donors (Lipinski definition) is 1. The van der Waals surface area contributed by atoms with E-state index in [1.54, 1.807) is 0 Å². The molecule has 5 heteroatoms. The summed E-state index contributed by atoms with van der Waals surface area (Å²) >= 11 is 3.47. The topological polar surface area (TPSA) is 51.0 Å². The summed E-state index contributed by atoms with van der Waals surface area (Å²) in [6.45, 7) is 1.04. The van der Waals surface area contributed by atoms with Crippen molar-refractivity contribution in [2.75, 3.05) is 6.54 Å². The Bertz CT molecular complexity index is 549. The third-order valence-corrected chi connectivity index (χ3v) is 3.84. The van der Waals surface area contributed by atoms with Crippen LogP contribution in [0.2, 0.25) is 0 Å². The van der Waals surface area contributed by atoms with Crippen molar-refractivity contribution < 1.29 is 4.52 Å². The summed E-state index contributed by atoms with van der Waals surface area (Å²) in [7, 11) is 0. The zero-order valence-electron chi connectivity index (χ0n) is 10.6. The van der Waals surface area contributed by atoms with Crippen LogP contribution in [0.1, 0.15) is 42.6 Å². The van der Waals surface area contributed by atoms with Gasteiger partial charge in [0, 0.05) is 10.9 Å². The van der Waals surface area contributed by atoms with Crippen molar-refractivity contribution in [2.45, 2.75) is 31.7 Å². The van der Waals surface area contributed by atoms with E-state index in [9.17, 15) is 0 Å². The molecule has 0 amide bonds. The zero-order valence-corrected chi connectivity index (χ0v) is 12.2. The number of hydrogen-bond acceptors (Lipinski definition) is 4. The van der Waals surface area contributed by atoms with E-state index < -0.39 is 0 Å². The van der Waals surface area contributed by atoms with E-state index in [1.807, 2.05) is 12.1 Å². The molecule has 0 bridgehead atoms. The molecular formula is C14H16BrN3O. The molecule has 100 valence electrons. The SMILES string of the molecule is Brc1cccc(Cc2noc(C3CCCCN3)n2)c1. The summed E-state index contributed by atoms with van der Waals surface area (Å²) < 4.78 is 6.44. The molecule has 1 atom stereocenters. The lowest BCUT2D eigenvalue weighted by Crippen LogP contribution is -2.27. The fourth-order valence-corrected chi connectivity index (χ4v) is 2.82. The number of piperidine rings is 1. The smallest absolute Gasteiger partial charge is 0.243 e. The maximum absolute atomic E-state index is 5.37. The Morgan fingerprint density at radius 3 is 3.11 bits per heavy atom. The first-order valence-corrected chi connectivity index (χ1v) is 7.41. The molecular weight excluding hydrogens is 306 g/mol. The molecule has 1 fully saturated rings. The fraction of sp³-hybridized carbons (Fsp3) is 0.429. The van der Waals surface area contributed by atoms with E-state index in [-0.39, 0.29) is 6.04 Å². The van der Waals surface area contributed by atoms with Crippen LogP contribution in [0, 0.1) is 0 Å². The highest BCUT2D eigenvalue weighted by atomic mass is 79.9. The second-order valence-corrected chi connectivity index (χ2v) is 5.77. The van der Waals surface area contributed by atoms with Gasteiger partial charge in [-0.25, -0.2) is 0 Å². The standard InChI is InChI=1S/C14H16BrN3O/c15-11-5-3-4-10(8-11)9-13-17-14(19-18-13)12-6-1-2-7-16-12/h3-5,8,12,16H,1-2,6-7,9H2. The minimum Gasteiger partial charge on any atom is -0.338 e. The van der Waals surface area contributed by atoms with Crippen LogP contribution < -0.4 is 5.32 Å². The van der Waals surface area contributed by atoms with Crippen molar-refractivity contribution in [2.24, 2.45) is 0 Å². The maximum atomic E-state index is 5.37. The van der Waals surface area contributed by atoms with Gasteiger partial charge in [-0.1, -0.05) is 39.6 Å². The van der Waals surface area contributed by atoms with Crippen molar-refractivity contribution in [3.8, 4) is 0 Å². The Balaban J connectivity index is 1.70. The summed E-state index contributed by atoms with van der Waals surface area (Å²) in [6, 6.07) is 8.41. The molecule has 2 aromatic rings. The normalized spacial score (nSPS) is 19.5. The first-order chi connectivity index (χ1) is 9.31. The quantitative estimate of drug-likeness (QED) is 0.942. The molecule has 1 aliphatic heterocycles. The summed E-state index contributed by atoms with van der Waals surface area (Å²) in [5, 5.41) is 7.49. The number of nitrogens with one attached hydrogen (secondary N) is 1. The average Bonchev–Trinajstić information content (AvgIpc) is 2.88. The van der Waals surface area contributed by atoms with Gasteiger partial charge in [0.1, 0.15) is 0 Å². The maximum Gasteiger partial charge on any atom is 0.243 e. The van der Waals surface area contributed by atoms with Crippen LogP contribution in [-0.4, -0.2) is 16.7 Å². The van der Waals surface area contributed by atoms with E-state index in [1.165, 1.54) is 18.4 Å². The highest BCUT2D eigenvalue weighted by molar-refractivity contribution is 9.10. The molecule has 1 saturated heterocycles. The molecule has 1 N–H and O–H groups in total. The van der Waals surface area contributed by atoms with Gasteiger partial charge in [0.05, 0.1) is 6.04 Å². The zero-order chi connectivity index (χ0) is 13.1. The molecule has 1 aliphatic rings. The average molecular weight is 322 g/mol. The van der Waals surface area contributed by atoms with E-state index >= 15 is 0 Å². The molecule has 3 rings (SSSR count).